The second kappa shape index (κ2) is 12.7. The standard InChI is InChI=1S/C27H38O4/c1-4-27(30,5-2)15-8-6-7-10-21(3)23-11-9-12-26(17-23)31-20-22-13-14-24(18-28)25(16-22)19-29/h9-14,16-17,28-30H,4-8,15,18-20H2,1-3H3. The lowest BCUT2D eigenvalue weighted by Crippen LogP contribution is -2.26. The fourth-order valence-corrected chi connectivity index (χ4v) is 3.71. The maximum Gasteiger partial charge on any atom is 0.120 e. The summed E-state index contributed by atoms with van der Waals surface area (Å²) in [6.07, 6.45) is 7.88. The topological polar surface area (TPSA) is 69.9 Å². The summed E-state index contributed by atoms with van der Waals surface area (Å²) in [6, 6.07) is 13.7. The van der Waals surface area contributed by atoms with E-state index in [4.69, 9.17) is 4.74 Å². The van der Waals surface area contributed by atoms with Gasteiger partial charge in [-0.25, -0.2) is 0 Å². The van der Waals surface area contributed by atoms with Crippen molar-refractivity contribution in [3.05, 3.63) is 70.8 Å². The maximum absolute atomic E-state index is 10.4. The van der Waals surface area contributed by atoms with Crippen LogP contribution in [0, 0.1) is 0 Å². The molecule has 3 N–H and O–H groups in total. The summed E-state index contributed by atoms with van der Waals surface area (Å²) >= 11 is 0. The summed E-state index contributed by atoms with van der Waals surface area (Å²) in [7, 11) is 0. The molecule has 2 aromatic carbocycles. The van der Waals surface area contributed by atoms with Crippen LogP contribution in [0.3, 0.4) is 0 Å². The van der Waals surface area contributed by atoms with Crippen molar-refractivity contribution in [2.75, 3.05) is 0 Å². The van der Waals surface area contributed by atoms with Crippen LogP contribution in [0.4, 0.5) is 0 Å². The highest BCUT2D eigenvalue weighted by molar-refractivity contribution is 5.64. The highest BCUT2D eigenvalue weighted by Gasteiger charge is 2.20. The molecule has 0 aliphatic carbocycles. The molecule has 0 aliphatic heterocycles. The van der Waals surface area contributed by atoms with E-state index in [1.54, 1.807) is 0 Å². The van der Waals surface area contributed by atoms with Crippen LogP contribution < -0.4 is 4.74 Å². The van der Waals surface area contributed by atoms with Crippen molar-refractivity contribution in [3.8, 4) is 5.75 Å². The Labute approximate surface area is 187 Å². The van der Waals surface area contributed by atoms with Gasteiger partial charge in [-0.2, -0.15) is 0 Å². The smallest absolute Gasteiger partial charge is 0.120 e. The lowest BCUT2D eigenvalue weighted by Gasteiger charge is -2.24. The predicted octanol–water partition coefficient (Wildman–Crippen LogP) is 5.77. The lowest BCUT2D eigenvalue weighted by molar-refractivity contribution is 0.0213. The van der Waals surface area contributed by atoms with Gasteiger partial charge in [-0.3, -0.25) is 0 Å². The molecule has 0 atom stereocenters. The molecule has 0 heterocycles. The van der Waals surface area contributed by atoms with Crippen molar-refractivity contribution in [3.63, 3.8) is 0 Å². The van der Waals surface area contributed by atoms with Crippen molar-refractivity contribution in [1.29, 1.82) is 0 Å². The zero-order chi connectivity index (χ0) is 22.7. The van der Waals surface area contributed by atoms with Gasteiger partial charge in [0.1, 0.15) is 12.4 Å². The largest absolute Gasteiger partial charge is 0.489 e. The second-order valence-electron chi connectivity index (χ2n) is 8.30. The highest BCUT2D eigenvalue weighted by atomic mass is 16.5. The Kier molecular flexibility index (Phi) is 10.3. The highest BCUT2D eigenvalue weighted by Crippen LogP contribution is 2.24. The van der Waals surface area contributed by atoms with Gasteiger partial charge in [-0.15, -0.1) is 0 Å². The van der Waals surface area contributed by atoms with E-state index in [0.29, 0.717) is 6.61 Å². The van der Waals surface area contributed by atoms with Crippen LogP contribution in [0.15, 0.2) is 48.5 Å². The molecule has 0 unspecified atom stereocenters. The molecule has 170 valence electrons. The lowest BCUT2D eigenvalue weighted by atomic mass is 9.91. The van der Waals surface area contributed by atoms with E-state index in [1.165, 1.54) is 5.57 Å². The average molecular weight is 427 g/mol. The number of hydrogen-bond acceptors (Lipinski definition) is 4. The molecule has 0 bridgehead atoms. The summed E-state index contributed by atoms with van der Waals surface area (Å²) < 4.78 is 5.96. The van der Waals surface area contributed by atoms with Crippen LogP contribution in [0.2, 0.25) is 0 Å². The first-order valence-electron chi connectivity index (χ1n) is 11.4. The van der Waals surface area contributed by atoms with Crippen LogP contribution in [0.25, 0.3) is 5.57 Å². The Hall–Kier alpha value is -2.14. The van der Waals surface area contributed by atoms with Gasteiger partial charge in [0.05, 0.1) is 18.8 Å². The average Bonchev–Trinajstić information content (AvgIpc) is 2.82. The van der Waals surface area contributed by atoms with E-state index in [-0.39, 0.29) is 13.2 Å². The number of hydrogen-bond donors (Lipinski definition) is 3. The normalized spacial score (nSPS) is 12.3. The third-order valence-corrected chi connectivity index (χ3v) is 6.17. The van der Waals surface area contributed by atoms with E-state index >= 15 is 0 Å². The summed E-state index contributed by atoms with van der Waals surface area (Å²) in [6.45, 7) is 6.45. The monoisotopic (exact) mass is 426 g/mol. The molecule has 0 saturated carbocycles. The molecule has 0 amide bonds. The quantitative estimate of drug-likeness (QED) is 0.356. The molecule has 0 spiro atoms. The first-order chi connectivity index (χ1) is 14.9. The van der Waals surface area contributed by atoms with E-state index in [1.807, 2.05) is 36.4 Å². The van der Waals surface area contributed by atoms with Crippen molar-refractivity contribution in [2.24, 2.45) is 0 Å². The Balaban J connectivity index is 1.90. The van der Waals surface area contributed by atoms with Crippen molar-refractivity contribution < 1.29 is 20.1 Å². The molecule has 0 aliphatic rings. The third kappa shape index (κ3) is 7.80. The number of rotatable bonds is 13. The molecule has 4 heteroatoms. The fraction of sp³-hybridized carbons (Fsp3) is 0.481. The van der Waals surface area contributed by atoms with Gasteiger partial charge in [0.2, 0.25) is 0 Å². The van der Waals surface area contributed by atoms with Gasteiger partial charge in [0, 0.05) is 0 Å². The van der Waals surface area contributed by atoms with Crippen LogP contribution in [-0.4, -0.2) is 20.9 Å². The number of aliphatic hydroxyl groups excluding tert-OH is 2. The van der Waals surface area contributed by atoms with Crippen LogP contribution in [0.1, 0.15) is 81.5 Å². The Bertz CT molecular complexity index is 837. The molecule has 0 radical (unpaired) electrons. The molecule has 0 fully saturated rings. The van der Waals surface area contributed by atoms with E-state index in [2.05, 4.69) is 32.9 Å². The molecule has 0 aromatic heterocycles. The van der Waals surface area contributed by atoms with E-state index < -0.39 is 5.60 Å². The first-order valence-corrected chi connectivity index (χ1v) is 11.4. The van der Waals surface area contributed by atoms with Gasteiger partial charge >= 0.3 is 0 Å². The van der Waals surface area contributed by atoms with Crippen molar-refractivity contribution in [1.82, 2.24) is 0 Å². The maximum atomic E-state index is 10.4. The third-order valence-electron chi connectivity index (χ3n) is 6.17. The minimum absolute atomic E-state index is 0.0806. The fourth-order valence-electron chi connectivity index (χ4n) is 3.71. The number of unbranched alkanes of at least 4 members (excludes halogenated alkanes) is 2. The number of benzene rings is 2. The van der Waals surface area contributed by atoms with Crippen LogP contribution in [0.5, 0.6) is 5.75 Å². The first kappa shape index (κ1) is 25.1. The summed E-state index contributed by atoms with van der Waals surface area (Å²) in [5.41, 5.74) is 4.29. The predicted molar refractivity (Wildman–Crippen MR) is 127 cm³/mol. The minimum atomic E-state index is -0.499. The van der Waals surface area contributed by atoms with E-state index in [0.717, 1.165) is 66.5 Å². The van der Waals surface area contributed by atoms with Gasteiger partial charge < -0.3 is 20.1 Å². The molecule has 0 saturated heterocycles. The van der Waals surface area contributed by atoms with Gasteiger partial charge in [0.25, 0.3) is 0 Å². The van der Waals surface area contributed by atoms with Crippen LogP contribution >= 0.6 is 0 Å². The van der Waals surface area contributed by atoms with Gasteiger partial charge in [0.15, 0.2) is 0 Å². The Morgan fingerprint density at radius 2 is 1.71 bits per heavy atom. The minimum Gasteiger partial charge on any atom is -0.489 e. The van der Waals surface area contributed by atoms with Gasteiger partial charge in [-0.1, -0.05) is 50.6 Å². The number of aliphatic hydroxyl groups is 3. The molecular formula is C27H38O4. The van der Waals surface area contributed by atoms with E-state index in [9.17, 15) is 15.3 Å². The molecule has 2 aromatic rings. The molecular weight excluding hydrogens is 388 g/mol. The van der Waals surface area contributed by atoms with Crippen molar-refractivity contribution >= 4 is 5.57 Å². The zero-order valence-electron chi connectivity index (χ0n) is 19.2. The number of allylic oxidation sites excluding steroid dienone is 2. The number of ether oxygens (including phenoxy) is 1. The summed E-state index contributed by atoms with van der Waals surface area (Å²) in [4.78, 5) is 0. The summed E-state index contributed by atoms with van der Waals surface area (Å²) in [5, 5.41) is 29.2. The van der Waals surface area contributed by atoms with Crippen molar-refractivity contribution in [2.45, 2.75) is 84.7 Å². The van der Waals surface area contributed by atoms with Crippen LogP contribution in [-0.2, 0) is 19.8 Å². The Morgan fingerprint density at radius 3 is 2.39 bits per heavy atom. The Morgan fingerprint density at radius 1 is 0.968 bits per heavy atom. The molecule has 4 nitrogen and oxygen atoms in total. The second-order valence-corrected chi connectivity index (χ2v) is 8.30. The van der Waals surface area contributed by atoms with Gasteiger partial charge in [-0.05, 0) is 85.1 Å². The SMILES string of the molecule is CCC(O)(CC)CCCCC=C(C)c1cccc(OCc2ccc(CO)c(CO)c2)c1. The zero-order valence-corrected chi connectivity index (χ0v) is 19.2. The molecule has 31 heavy (non-hydrogen) atoms. The molecule has 2 rings (SSSR count). The summed E-state index contributed by atoms with van der Waals surface area (Å²) in [5.74, 6) is 0.804.